The zero-order valence-electron chi connectivity index (χ0n) is 10.5. The van der Waals surface area contributed by atoms with Gasteiger partial charge < -0.3 is 5.11 Å². The molecule has 3 rings (SSSR count). The van der Waals surface area contributed by atoms with Crippen LogP contribution in [0.25, 0.3) is 10.1 Å². The van der Waals surface area contributed by atoms with Gasteiger partial charge in [-0.05, 0) is 40.1 Å². The monoisotopic (exact) mass is 290 g/mol. The third-order valence-corrected chi connectivity index (χ3v) is 4.26. The van der Waals surface area contributed by atoms with Crippen LogP contribution < -0.4 is 0 Å². The van der Waals surface area contributed by atoms with Crippen molar-refractivity contribution in [3.63, 3.8) is 0 Å². The van der Waals surface area contributed by atoms with Gasteiger partial charge in [0.1, 0.15) is 0 Å². The molecule has 20 heavy (non-hydrogen) atoms. The van der Waals surface area contributed by atoms with Gasteiger partial charge in [-0.1, -0.05) is 24.3 Å². The molecular weight excluding hydrogens is 278 g/mol. The normalized spacial score (nSPS) is 12.8. The fraction of sp³-hybridized carbons (Fsp3) is 0.125. The van der Waals surface area contributed by atoms with E-state index in [0.29, 0.717) is 5.56 Å². The van der Waals surface area contributed by atoms with Gasteiger partial charge in [0.25, 0.3) is 0 Å². The van der Waals surface area contributed by atoms with E-state index in [-0.39, 0.29) is 6.42 Å². The molecule has 0 fully saturated rings. The van der Waals surface area contributed by atoms with Crippen molar-refractivity contribution in [2.75, 3.05) is 0 Å². The Labute approximate surface area is 119 Å². The van der Waals surface area contributed by atoms with Crippen molar-refractivity contribution in [3.8, 4) is 0 Å². The molecule has 0 aliphatic rings. The summed E-state index contributed by atoms with van der Waals surface area (Å²) in [6.07, 6.45) is -0.476. The van der Waals surface area contributed by atoms with E-state index in [1.807, 2.05) is 29.6 Å². The number of aliphatic hydroxyl groups excluding tert-OH is 1. The van der Waals surface area contributed by atoms with Gasteiger partial charge in [0.05, 0.1) is 6.10 Å². The van der Waals surface area contributed by atoms with E-state index in [1.165, 1.54) is 6.07 Å². The molecule has 1 N–H and O–H groups in total. The van der Waals surface area contributed by atoms with Crippen LogP contribution in [0.3, 0.4) is 0 Å². The second-order valence-electron chi connectivity index (χ2n) is 4.65. The minimum absolute atomic E-state index is 0.258. The Bertz CT molecular complexity index is 751. The molecule has 0 saturated heterocycles. The molecule has 1 nitrogen and oxygen atoms in total. The standard InChI is InChI=1S/C16H12F2OS/c17-13-5-4-10(8-14(13)18)9-15(19)12-3-1-2-11-6-7-20-16(11)12/h1-8,15,19H,9H2. The van der Waals surface area contributed by atoms with E-state index in [4.69, 9.17) is 0 Å². The van der Waals surface area contributed by atoms with Crippen LogP contribution in [0, 0.1) is 11.6 Å². The van der Waals surface area contributed by atoms with Crippen molar-refractivity contribution >= 4 is 21.4 Å². The molecular formula is C16H12F2OS. The lowest BCUT2D eigenvalue weighted by atomic mass is 10.0. The summed E-state index contributed by atoms with van der Waals surface area (Å²) in [6.45, 7) is 0. The number of halogens is 2. The molecule has 4 heteroatoms. The minimum Gasteiger partial charge on any atom is -0.388 e. The first-order valence-corrected chi connectivity index (χ1v) is 7.11. The van der Waals surface area contributed by atoms with Crippen LogP contribution >= 0.6 is 11.3 Å². The molecule has 0 spiro atoms. The molecule has 1 heterocycles. The third kappa shape index (κ3) is 2.44. The smallest absolute Gasteiger partial charge is 0.159 e. The Morgan fingerprint density at radius 1 is 1.05 bits per heavy atom. The Hall–Kier alpha value is -1.78. The number of aliphatic hydroxyl groups is 1. The molecule has 0 amide bonds. The maximum absolute atomic E-state index is 13.2. The van der Waals surface area contributed by atoms with Crippen LogP contribution in [0.15, 0.2) is 47.8 Å². The highest BCUT2D eigenvalue weighted by Gasteiger charge is 2.14. The second-order valence-corrected chi connectivity index (χ2v) is 5.57. The summed E-state index contributed by atoms with van der Waals surface area (Å²) in [5, 5.41) is 13.4. The summed E-state index contributed by atoms with van der Waals surface area (Å²) in [5.41, 5.74) is 1.40. The van der Waals surface area contributed by atoms with Gasteiger partial charge in [-0.2, -0.15) is 0 Å². The summed E-state index contributed by atoms with van der Waals surface area (Å²) in [5.74, 6) is -1.76. The number of thiophene rings is 1. The SMILES string of the molecule is OC(Cc1ccc(F)c(F)c1)c1cccc2ccsc12. The number of hydrogen-bond donors (Lipinski definition) is 1. The number of fused-ring (bicyclic) bond motifs is 1. The summed E-state index contributed by atoms with van der Waals surface area (Å²) >= 11 is 1.56. The average molecular weight is 290 g/mol. The first kappa shape index (κ1) is 13.2. The molecule has 0 saturated carbocycles. The highest BCUT2D eigenvalue weighted by molar-refractivity contribution is 7.17. The molecule has 1 aromatic heterocycles. The maximum Gasteiger partial charge on any atom is 0.159 e. The highest BCUT2D eigenvalue weighted by Crippen LogP contribution is 2.30. The molecule has 2 aromatic carbocycles. The van der Waals surface area contributed by atoms with Crippen molar-refractivity contribution in [1.29, 1.82) is 0 Å². The van der Waals surface area contributed by atoms with Crippen molar-refractivity contribution < 1.29 is 13.9 Å². The number of benzene rings is 2. The molecule has 0 aliphatic heterocycles. The lowest BCUT2D eigenvalue weighted by Gasteiger charge is -2.12. The van der Waals surface area contributed by atoms with Crippen molar-refractivity contribution in [1.82, 2.24) is 0 Å². The van der Waals surface area contributed by atoms with E-state index in [1.54, 1.807) is 11.3 Å². The van der Waals surface area contributed by atoms with Crippen LogP contribution in [0.4, 0.5) is 8.78 Å². The van der Waals surface area contributed by atoms with Gasteiger partial charge in [-0.25, -0.2) is 8.78 Å². The predicted molar refractivity (Wildman–Crippen MR) is 76.8 cm³/mol. The number of hydrogen-bond acceptors (Lipinski definition) is 2. The molecule has 102 valence electrons. The molecule has 3 aromatic rings. The first-order valence-electron chi connectivity index (χ1n) is 6.23. The minimum atomic E-state index is -0.885. The van der Waals surface area contributed by atoms with Crippen molar-refractivity contribution in [3.05, 3.63) is 70.6 Å². The van der Waals surface area contributed by atoms with Gasteiger partial charge >= 0.3 is 0 Å². The molecule has 0 aliphatic carbocycles. The Balaban J connectivity index is 1.90. The van der Waals surface area contributed by atoms with E-state index in [0.717, 1.165) is 27.8 Å². The largest absolute Gasteiger partial charge is 0.388 e. The lowest BCUT2D eigenvalue weighted by molar-refractivity contribution is 0.180. The summed E-state index contributed by atoms with van der Waals surface area (Å²) in [7, 11) is 0. The van der Waals surface area contributed by atoms with Gasteiger partial charge in [0, 0.05) is 11.1 Å². The Morgan fingerprint density at radius 3 is 2.70 bits per heavy atom. The maximum atomic E-state index is 13.2. The second kappa shape index (κ2) is 5.31. The summed E-state index contributed by atoms with van der Waals surface area (Å²) < 4.78 is 27.1. The predicted octanol–water partition coefficient (Wildman–Crippen LogP) is 4.46. The van der Waals surface area contributed by atoms with E-state index in [2.05, 4.69) is 0 Å². The molecule has 0 radical (unpaired) electrons. The van der Waals surface area contributed by atoms with Crippen molar-refractivity contribution in [2.45, 2.75) is 12.5 Å². The third-order valence-electron chi connectivity index (χ3n) is 3.28. The van der Waals surface area contributed by atoms with Crippen LogP contribution in [0.5, 0.6) is 0 Å². The molecule has 1 unspecified atom stereocenters. The van der Waals surface area contributed by atoms with E-state index < -0.39 is 17.7 Å². The Morgan fingerprint density at radius 2 is 1.90 bits per heavy atom. The topological polar surface area (TPSA) is 20.2 Å². The van der Waals surface area contributed by atoms with Gasteiger partial charge in [-0.3, -0.25) is 0 Å². The van der Waals surface area contributed by atoms with Gasteiger partial charge in [0.2, 0.25) is 0 Å². The highest BCUT2D eigenvalue weighted by atomic mass is 32.1. The van der Waals surface area contributed by atoms with Crippen LogP contribution in [0.1, 0.15) is 17.2 Å². The fourth-order valence-electron chi connectivity index (χ4n) is 2.28. The lowest BCUT2D eigenvalue weighted by Crippen LogP contribution is -2.02. The van der Waals surface area contributed by atoms with Crippen LogP contribution in [-0.4, -0.2) is 5.11 Å². The first-order chi connectivity index (χ1) is 9.65. The summed E-state index contributed by atoms with van der Waals surface area (Å²) in [6, 6.07) is 11.4. The van der Waals surface area contributed by atoms with Gasteiger partial charge in [0.15, 0.2) is 11.6 Å². The van der Waals surface area contributed by atoms with Crippen molar-refractivity contribution in [2.24, 2.45) is 0 Å². The van der Waals surface area contributed by atoms with Crippen LogP contribution in [-0.2, 0) is 6.42 Å². The van der Waals surface area contributed by atoms with Gasteiger partial charge in [-0.15, -0.1) is 11.3 Å². The Kier molecular flexibility index (Phi) is 3.51. The quantitative estimate of drug-likeness (QED) is 0.755. The molecule has 0 bridgehead atoms. The molecule has 1 atom stereocenters. The zero-order valence-corrected chi connectivity index (χ0v) is 11.3. The summed E-state index contributed by atoms with van der Waals surface area (Å²) in [4.78, 5) is 0. The van der Waals surface area contributed by atoms with E-state index in [9.17, 15) is 13.9 Å². The van der Waals surface area contributed by atoms with E-state index >= 15 is 0 Å². The van der Waals surface area contributed by atoms with Crippen LogP contribution in [0.2, 0.25) is 0 Å². The fourth-order valence-corrected chi connectivity index (χ4v) is 3.24. The average Bonchev–Trinajstić information content (AvgIpc) is 2.91. The zero-order chi connectivity index (χ0) is 14.1. The number of rotatable bonds is 3.